The fourth-order valence-electron chi connectivity index (χ4n) is 2.86. The molecule has 0 unspecified atom stereocenters. The van der Waals surface area contributed by atoms with Gasteiger partial charge in [0, 0.05) is 6.54 Å². The number of benzene rings is 1. The van der Waals surface area contributed by atoms with Crippen LogP contribution in [0.1, 0.15) is 44.7 Å². The van der Waals surface area contributed by atoms with Gasteiger partial charge in [0.05, 0.1) is 17.5 Å². The van der Waals surface area contributed by atoms with Crippen LogP contribution in [0.25, 0.3) is 0 Å². The summed E-state index contributed by atoms with van der Waals surface area (Å²) in [7, 11) is 0. The van der Waals surface area contributed by atoms with Crippen molar-refractivity contribution in [1.82, 2.24) is 0 Å². The van der Waals surface area contributed by atoms with Crippen molar-refractivity contribution in [2.75, 3.05) is 11.4 Å². The lowest BCUT2D eigenvalue weighted by molar-refractivity contribution is -0.136. The van der Waals surface area contributed by atoms with Crippen LogP contribution in [0.4, 0.5) is 5.69 Å². The van der Waals surface area contributed by atoms with E-state index in [2.05, 4.69) is 6.92 Å². The van der Waals surface area contributed by atoms with Crippen LogP contribution in [0.5, 0.6) is 0 Å². The van der Waals surface area contributed by atoms with Gasteiger partial charge in [-0.25, -0.2) is 0 Å². The molecule has 1 N–H and O–H groups in total. The normalized spacial score (nSPS) is 16.4. The number of hydrogen-bond donors (Lipinski definition) is 1. The van der Waals surface area contributed by atoms with Crippen LogP contribution >= 0.6 is 0 Å². The summed E-state index contributed by atoms with van der Waals surface area (Å²) in [6, 6.07) is 6.00. The van der Waals surface area contributed by atoms with Crippen LogP contribution < -0.4 is 4.90 Å². The maximum atomic E-state index is 12.6. The minimum Gasteiger partial charge on any atom is -0.481 e. The van der Waals surface area contributed by atoms with Gasteiger partial charge in [0.25, 0.3) is 0 Å². The largest absolute Gasteiger partial charge is 0.481 e. The highest BCUT2D eigenvalue weighted by molar-refractivity contribution is 6.08. The molecule has 0 bridgehead atoms. The Morgan fingerprint density at radius 2 is 2.05 bits per heavy atom. The van der Waals surface area contributed by atoms with Crippen LogP contribution in [0.15, 0.2) is 18.2 Å². The van der Waals surface area contributed by atoms with E-state index in [0.29, 0.717) is 0 Å². The van der Waals surface area contributed by atoms with Gasteiger partial charge in [0.1, 0.15) is 0 Å². The first-order valence-corrected chi connectivity index (χ1v) is 7.05. The van der Waals surface area contributed by atoms with Crippen molar-refractivity contribution in [2.24, 2.45) is 0 Å². The molecule has 0 fully saturated rings. The average molecular weight is 275 g/mol. The Hall–Kier alpha value is -1.84. The topological polar surface area (TPSA) is 57.6 Å². The number of aliphatic carboxylic acids is 1. The summed E-state index contributed by atoms with van der Waals surface area (Å²) in [5, 5.41) is 8.87. The SMILES string of the molecule is CCCc1cccc2c1N(CCC(=O)O)C(=O)C2(C)C. The second kappa shape index (κ2) is 5.27. The van der Waals surface area contributed by atoms with Crippen LogP contribution in [0.2, 0.25) is 0 Å². The number of carboxylic acids is 1. The Kier molecular flexibility index (Phi) is 3.84. The van der Waals surface area contributed by atoms with Gasteiger partial charge >= 0.3 is 5.97 Å². The highest BCUT2D eigenvalue weighted by Crippen LogP contribution is 2.43. The van der Waals surface area contributed by atoms with E-state index >= 15 is 0 Å². The second-order valence-electron chi connectivity index (χ2n) is 5.79. The summed E-state index contributed by atoms with van der Waals surface area (Å²) in [6.07, 6.45) is 1.87. The van der Waals surface area contributed by atoms with Gasteiger partial charge < -0.3 is 10.0 Å². The molecule has 1 aromatic rings. The summed E-state index contributed by atoms with van der Waals surface area (Å²) in [6.45, 7) is 6.16. The number of hydrogen-bond acceptors (Lipinski definition) is 2. The summed E-state index contributed by atoms with van der Waals surface area (Å²) in [5.74, 6) is -0.880. The molecular weight excluding hydrogens is 254 g/mol. The molecule has 0 spiro atoms. The van der Waals surface area contributed by atoms with Crippen LogP contribution in [-0.4, -0.2) is 23.5 Å². The smallest absolute Gasteiger partial charge is 0.305 e. The fourth-order valence-corrected chi connectivity index (χ4v) is 2.86. The number of nitrogens with zero attached hydrogens (tertiary/aromatic N) is 1. The van der Waals surface area contributed by atoms with Gasteiger partial charge in [-0.05, 0) is 31.4 Å². The molecule has 4 nitrogen and oxygen atoms in total. The number of para-hydroxylation sites is 1. The lowest BCUT2D eigenvalue weighted by atomic mass is 9.85. The number of fused-ring (bicyclic) bond motifs is 1. The zero-order valence-electron chi connectivity index (χ0n) is 12.3. The third-order valence-corrected chi connectivity index (χ3v) is 3.91. The number of amides is 1. The Balaban J connectivity index is 2.47. The Bertz CT molecular complexity index is 549. The average Bonchev–Trinajstić information content (AvgIpc) is 2.58. The molecule has 1 aliphatic heterocycles. The third kappa shape index (κ3) is 2.30. The molecule has 2 rings (SSSR count). The zero-order chi connectivity index (χ0) is 14.9. The van der Waals surface area contributed by atoms with Crippen molar-refractivity contribution in [1.29, 1.82) is 0 Å². The van der Waals surface area contributed by atoms with E-state index in [4.69, 9.17) is 5.11 Å². The lowest BCUT2D eigenvalue weighted by Crippen LogP contribution is -2.37. The minimum atomic E-state index is -0.878. The second-order valence-corrected chi connectivity index (χ2v) is 5.79. The molecule has 4 heteroatoms. The molecule has 0 aromatic heterocycles. The number of rotatable bonds is 5. The minimum absolute atomic E-state index is 0.00250. The molecular formula is C16H21NO3. The molecule has 1 heterocycles. The van der Waals surface area contributed by atoms with Crippen molar-refractivity contribution in [3.63, 3.8) is 0 Å². The van der Waals surface area contributed by atoms with E-state index in [1.807, 2.05) is 32.0 Å². The number of carbonyl (C=O) groups is 2. The lowest BCUT2D eigenvalue weighted by Gasteiger charge is -2.20. The Morgan fingerprint density at radius 3 is 2.65 bits per heavy atom. The molecule has 0 atom stereocenters. The van der Waals surface area contributed by atoms with Crippen molar-refractivity contribution in [3.05, 3.63) is 29.3 Å². The first-order chi connectivity index (χ1) is 9.39. The van der Waals surface area contributed by atoms with Gasteiger partial charge in [-0.2, -0.15) is 0 Å². The molecule has 1 aromatic carbocycles. The van der Waals surface area contributed by atoms with Gasteiger partial charge in [-0.1, -0.05) is 31.5 Å². The van der Waals surface area contributed by atoms with E-state index in [9.17, 15) is 9.59 Å². The van der Waals surface area contributed by atoms with Gasteiger partial charge in [-0.15, -0.1) is 0 Å². The van der Waals surface area contributed by atoms with Crippen molar-refractivity contribution >= 4 is 17.6 Å². The van der Waals surface area contributed by atoms with Gasteiger partial charge in [-0.3, -0.25) is 9.59 Å². The molecule has 108 valence electrons. The van der Waals surface area contributed by atoms with Gasteiger partial charge in [0.15, 0.2) is 0 Å². The summed E-state index contributed by atoms with van der Waals surface area (Å²) < 4.78 is 0. The van der Waals surface area contributed by atoms with E-state index in [1.54, 1.807) is 4.90 Å². The highest BCUT2D eigenvalue weighted by atomic mass is 16.4. The molecule has 1 aliphatic rings. The summed E-state index contributed by atoms with van der Waals surface area (Å²) in [4.78, 5) is 25.1. The fraction of sp³-hybridized carbons (Fsp3) is 0.500. The maximum Gasteiger partial charge on any atom is 0.305 e. The maximum absolute atomic E-state index is 12.6. The number of anilines is 1. The predicted molar refractivity (Wildman–Crippen MR) is 78.1 cm³/mol. The van der Waals surface area contributed by atoms with Crippen LogP contribution in [0, 0.1) is 0 Å². The molecule has 0 aliphatic carbocycles. The van der Waals surface area contributed by atoms with Crippen molar-refractivity contribution < 1.29 is 14.7 Å². The Morgan fingerprint density at radius 1 is 1.35 bits per heavy atom. The monoisotopic (exact) mass is 275 g/mol. The summed E-state index contributed by atoms with van der Waals surface area (Å²) in [5.41, 5.74) is 2.51. The van der Waals surface area contributed by atoms with E-state index in [1.165, 1.54) is 0 Å². The van der Waals surface area contributed by atoms with Crippen LogP contribution in [-0.2, 0) is 21.4 Å². The third-order valence-electron chi connectivity index (χ3n) is 3.91. The quantitative estimate of drug-likeness (QED) is 0.899. The first kappa shape index (κ1) is 14.6. The highest BCUT2D eigenvalue weighted by Gasteiger charge is 2.44. The standard InChI is InChI=1S/C16H21NO3/c1-4-6-11-7-5-8-12-14(11)17(10-9-13(18)19)15(20)16(12,2)3/h5,7-8H,4,6,9-10H2,1-3H3,(H,18,19). The van der Waals surface area contributed by atoms with Crippen molar-refractivity contribution in [3.8, 4) is 0 Å². The molecule has 0 radical (unpaired) electrons. The Labute approximate surface area is 119 Å². The summed E-state index contributed by atoms with van der Waals surface area (Å²) >= 11 is 0. The zero-order valence-corrected chi connectivity index (χ0v) is 12.3. The molecule has 20 heavy (non-hydrogen) atoms. The van der Waals surface area contributed by atoms with Crippen molar-refractivity contribution in [2.45, 2.75) is 45.4 Å². The van der Waals surface area contributed by atoms with E-state index < -0.39 is 11.4 Å². The van der Waals surface area contributed by atoms with E-state index in [-0.39, 0.29) is 18.9 Å². The van der Waals surface area contributed by atoms with Gasteiger partial charge in [0.2, 0.25) is 5.91 Å². The number of carbonyl (C=O) groups excluding carboxylic acids is 1. The number of aryl methyl sites for hydroxylation is 1. The number of carboxylic acid groups (broad SMARTS) is 1. The van der Waals surface area contributed by atoms with Crippen LogP contribution in [0.3, 0.4) is 0 Å². The molecule has 0 saturated heterocycles. The van der Waals surface area contributed by atoms with E-state index in [0.717, 1.165) is 29.7 Å². The molecule has 0 saturated carbocycles. The predicted octanol–water partition coefficient (Wildman–Crippen LogP) is 2.74. The molecule has 1 amide bonds. The first-order valence-electron chi connectivity index (χ1n) is 7.05.